The molecule has 0 fully saturated rings. The van der Waals surface area contributed by atoms with E-state index in [4.69, 9.17) is 52.3 Å². The maximum atomic E-state index is 13.8. The molecule has 7 amide bonds. The molecular formula is C45H89N15O7. The normalized spacial score (nSPS) is 14.7. The lowest BCUT2D eigenvalue weighted by Gasteiger charge is -2.27. The average molecular weight is 952 g/mol. The number of carbonyl (C=O) groups is 7. The first kappa shape index (κ1) is 62.5. The number of amides is 7. The first-order chi connectivity index (χ1) is 32.0. The molecule has 23 N–H and O–H groups in total. The molecule has 67 heavy (non-hydrogen) atoms. The van der Waals surface area contributed by atoms with Gasteiger partial charge in [0.15, 0.2) is 0 Å². The van der Waals surface area contributed by atoms with Gasteiger partial charge in [-0.2, -0.15) is 0 Å². The largest absolute Gasteiger partial charge is 0.355 e. The zero-order chi connectivity index (χ0) is 50.5. The maximum Gasteiger partial charge on any atom is 0.243 e. The van der Waals surface area contributed by atoms with Crippen LogP contribution in [0.25, 0.3) is 0 Å². The summed E-state index contributed by atoms with van der Waals surface area (Å²) in [6.07, 6.45) is 15.2. The zero-order valence-corrected chi connectivity index (χ0v) is 40.3. The Morgan fingerprint density at radius 1 is 0.448 bits per heavy atom. The third kappa shape index (κ3) is 29.8. The van der Waals surface area contributed by atoms with Crippen LogP contribution in [-0.2, 0) is 33.6 Å². The van der Waals surface area contributed by atoms with Crippen molar-refractivity contribution < 1.29 is 33.6 Å². The van der Waals surface area contributed by atoms with Crippen LogP contribution in [-0.4, -0.2) is 135 Å². The average Bonchev–Trinajstić information content (AvgIpc) is 3.30. The molecule has 0 aliphatic rings. The highest BCUT2D eigenvalue weighted by Gasteiger charge is 2.32. The standard InChI is InChI=1S/C45H89N15O7/c1-3-28-54-41(64)35(59-43(66)37(58-40(63)34(52)19-6-12-26-48)21-8-14-29-55-38(61)32(50)17-4-10-24-46)20-7-15-30-57-42(65)36(60-44(67)45(2,53)23-9-13-27-49)22-16-31-56-39(62)33(51)18-5-11-25-47/h1,32-37H,4-31,46-53H2,2H3,(H,54,64)(H,55,61)(H,56,62)(H,57,65)(H,58,63)(H,59,66)(H,60,67)/t32-,33-,34-,35-,36-,37-,45-/m0/s1. The monoisotopic (exact) mass is 952 g/mol. The highest BCUT2D eigenvalue weighted by Crippen LogP contribution is 2.13. The Hall–Kier alpha value is -4.47. The number of hydrogen-bond donors (Lipinski definition) is 15. The van der Waals surface area contributed by atoms with E-state index in [-0.39, 0.29) is 50.7 Å². The lowest BCUT2D eigenvalue weighted by Crippen LogP contribution is -2.57. The highest BCUT2D eigenvalue weighted by atomic mass is 16.2. The number of rotatable bonds is 41. The summed E-state index contributed by atoms with van der Waals surface area (Å²) in [6.45, 7) is 4.13. The molecule has 22 nitrogen and oxygen atoms in total. The van der Waals surface area contributed by atoms with Crippen molar-refractivity contribution in [2.24, 2.45) is 45.9 Å². The van der Waals surface area contributed by atoms with Gasteiger partial charge < -0.3 is 83.1 Å². The first-order valence-electron chi connectivity index (χ1n) is 24.3. The van der Waals surface area contributed by atoms with Crippen LogP contribution in [0.4, 0.5) is 0 Å². The quantitative estimate of drug-likeness (QED) is 0.0213. The fourth-order valence-electron chi connectivity index (χ4n) is 6.88. The number of nitrogens with two attached hydrogens (primary N) is 8. The molecule has 0 radical (unpaired) electrons. The van der Waals surface area contributed by atoms with E-state index in [1.54, 1.807) is 6.92 Å². The number of carbonyl (C=O) groups excluding carboxylic acids is 7. The van der Waals surface area contributed by atoms with Gasteiger partial charge in [0, 0.05) is 19.6 Å². The molecule has 0 spiro atoms. The third-order valence-corrected chi connectivity index (χ3v) is 11.2. The number of terminal acetylenes is 1. The summed E-state index contributed by atoms with van der Waals surface area (Å²) in [7, 11) is 0. The fourth-order valence-corrected chi connectivity index (χ4v) is 6.88. The number of nitrogens with one attached hydrogen (secondary N) is 7. The van der Waals surface area contributed by atoms with Crippen LogP contribution in [0, 0.1) is 12.3 Å². The van der Waals surface area contributed by atoms with Crippen molar-refractivity contribution in [2.75, 3.05) is 52.4 Å². The van der Waals surface area contributed by atoms with Crippen molar-refractivity contribution in [3.8, 4) is 12.3 Å². The van der Waals surface area contributed by atoms with Crippen molar-refractivity contribution in [3.05, 3.63) is 0 Å². The van der Waals surface area contributed by atoms with Crippen molar-refractivity contribution >= 4 is 41.4 Å². The summed E-state index contributed by atoms with van der Waals surface area (Å²) in [4.78, 5) is 91.9. The Bertz CT molecular complexity index is 1480. The van der Waals surface area contributed by atoms with Gasteiger partial charge in [-0.1, -0.05) is 25.2 Å². The van der Waals surface area contributed by atoms with Crippen LogP contribution >= 0.6 is 0 Å². The molecule has 7 atom stereocenters. The van der Waals surface area contributed by atoms with Gasteiger partial charge in [0.2, 0.25) is 41.4 Å². The Morgan fingerprint density at radius 3 is 1.28 bits per heavy atom. The summed E-state index contributed by atoms with van der Waals surface area (Å²) in [5.41, 5.74) is 45.5. The van der Waals surface area contributed by atoms with Gasteiger partial charge in [0.05, 0.1) is 30.2 Å². The minimum atomic E-state index is -1.26. The molecule has 22 heteroatoms. The molecule has 0 aromatic heterocycles. The van der Waals surface area contributed by atoms with Crippen molar-refractivity contribution in [1.29, 1.82) is 0 Å². The molecule has 386 valence electrons. The Morgan fingerprint density at radius 2 is 0.806 bits per heavy atom. The highest BCUT2D eigenvalue weighted by molar-refractivity contribution is 5.93. The van der Waals surface area contributed by atoms with E-state index >= 15 is 0 Å². The molecule has 0 saturated carbocycles. The second-order valence-corrected chi connectivity index (χ2v) is 17.4. The SMILES string of the molecule is C#CCNC(=O)[C@H](CCCCNC(=O)[C@H](CCCNC(=O)[C@@H](N)CCCCN)NC(=O)[C@@](C)(N)CCCCN)NC(=O)[C@H](CCCCNC(=O)[C@@H](N)CCCCN)NC(=O)[C@@H](N)CCCCN. The predicted molar refractivity (Wildman–Crippen MR) is 262 cm³/mol. The van der Waals surface area contributed by atoms with E-state index < -0.39 is 71.3 Å². The van der Waals surface area contributed by atoms with E-state index in [2.05, 4.69) is 43.1 Å². The van der Waals surface area contributed by atoms with Crippen molar-refractivity contribution in [3.63, 3.8) is 0 Å². The molecule has 0 bridgehead atoms. The second-order valence-electron chi connectivity index (χ2n) is 17.4. The van der Waals surface area contributed by atoms with Crippen LogP contribution in [0.2, 0.25) is 0 Å². The zero-order valence-electron chi connectivity index (χ0n) is 40.3. The van der Waals surface area contributed by atoms with Gasteiger partial charge in [-0.05, 0) is 142 Å². The molecule has 0 aliphatic heterocycles. The number of unbranched alkanes of at least 4 members (excludes halogenated alkanes) is 6. The van der Waals surface area contributed by atoms with Gasteiger partial charge in [0.25, 0.3) is 0 Å². The second kappa shape index (κ2) is 38.5. The summed E-state index contributed by atoms with van der Waals surface area (Å²) >= 11 is 0. The summed E-state index contributed by atoms with van der Waals surface area (Å²) < 4.78 is 0. The molecule has 0 saturated heterocycles. The van der Waals surface area contributed by atoms with E-state index in [9.17, 15) is 33.6 Å². The summed E-state index contributed by atoms with van der Waals surface area (Å²) in [5, 5.41) is 19.3. The van der Waals surface area contributed by atoms with Gasteiger partial charge in [-0.25, -0.2) is 0 Å². The molecule has 0 heterocycles. The van der Waals surface area contributed by atoms with Crippen molar-refractivity contribution in [1.82, 2.24) is 37.2 Å². The van der Waals surface area contributed by atoms with E-state index in [0.717, 1.165) is 25.7 Å². The van der Waals surface area contributed by atoms with Crippen molar-refractivity contribution in [2.45, 2.75) is 177 Å². The predicted octanol–water partition coefficient (Wildman–Crippen LogP) is -3.13. The van der Waals surface area contributed by atoms with Crippen LogP contribution in [0.1, 0.15) is 135 Å². The smallest absolute Gasteiger partial charge is 0.243 e. The van der Waals surface area contributed by atoms with Gasteiger partial charge in [-0.3, -0.25) is 33.6 Å². The number of hydrogen-bond acceptors (Lipinski definition) is 15. The Kier molecular flexibility index (Phi) is 35.9. The molecule has 0 aromatic rings. The van der Waals surface area contributed by atoms with Gasteiger partial charge >= 0.3 is 0 Å². The first-order valence-corrected chi connectivity index (χ1v) is 24.3. The van der Waals surface area contributed by atoms with Crippen LogP contribution in [0.5, 0.6) is 0 Å². The van der Waals surface area contributed by atoms with Crippen LogP contribution in [0.3, 0.4) is 0 Å². The fraction of sp³-hybridized carbons (Fsp3) is 0.800. The van der Waals surface area contributed by atoms with E-state index in [0.29, 0.717) is 116 Å². The topological polar surface area (TPSA) is 412 Å². The molecular weight excluding hydrogens is 863 g/mol. The Balaban J connectivity index is 5.76. The third-order valence-electron chi connectivity index (χ3n) is 11.2. The van der Waals surface area contributed by atoms with Gasteiger partial charge in [0.1, 0.15) is 18.1 Å². The van der Waals surface area contributed by atoms with E-state index in [1.807, 2.05) is 0 Å². The summed E-state index contributed by atoms with van der Waals surface area (Å²) in [6, 6.07) is -5.31. The van der Waals surface area contributed by atoms with Gasteiger partial charge in [-0.15, -0.1) is 6.42 Å². The van der Waals surface area contributed by atoms with E-state index in [1.165, 1.54) is 0 Å². The molecule has 0 rings (SSSR count). The van der Waals surface area contributed by atoms with Crippen LogP contribution in [0.15, 0.2) is 0 Å². The summed E-state index contributed by atoms with van der Waals surface area (Å²) in [5.74, 6) is -0.895. The maximum absolute atomic E-state index is 13.8. The lowest BCUT2D eigenvalue weighted by atomic mass is 9.94. The lowest BCUT2D eigenvalue weighted by molar-refractivity contribution is -0.132. The minimum Gasteiger partial charge on any atom is -0.355 e. The molecule has 0 aromatic carbocycles. The van der Waals surface area contributed by atoms with Crippen LogP contribution < -0.4 is 83.1 Å². The minimum absolute atomic E-state index is 0.0886. The molecule has 0 aliphatic carbocycles. The molecule has 0 unspecified atom stereocenters. The Labute approximate surface area is 398 Å².